The Bertz CT molecular complexity index is 302. The van der Waals surface area contributed by atoms with E-state index in [1.54, 1.807) is 4.90 Å². The topological polar surface area (TPSA) is 75.9 Å². The Kier molecular flexibility index (Phi) is 6.80. The quantitative estimate of drug-likeness (QED) is 0.678. The van der Waals surface area contributed by atoms with Gasteiger partial charge in [0, 0.05) is 26.2 Å². The molecule has 0 aromatic heterocycles. The maximum Gasteiger partial charge on any atom is 0.319 e. The number of unbranched alkanes of at least 4 members (excludes halogenated alkanes) is 1. The van der Waals surface area contributed by atoms with E-state index in [-0.39, 0.29) is 17.9 Å². The molecule has 0 unspecified atom stereocenters. The summed E-state index contributed by atoms with van der Waals surface area (Å²) in [4.78, 5) is 27.0. The molecule has 0 bridgehead atoms. The minimum absolute atomic E-state index is 0.0335. The average Bonchev–Trinajstić information content (AvgIpc) is 2.44. The number of hydrogen-bond donors (Lipinski definition) is 1. The summed E-state index contributed by atoms with van der Waals surface area (Å²) in [7, 11) is 1.38. The van der Waals surface area contributed by atoms with Crippen molar-refractivity contribution in [2.45, 2.75) is 32.2 Å². The monoisotopic (exact) mass is 271 g/mol. The van der Waals surface area contributed by atoms with Gasteiger partial charge in [0.2, 0.25) is 5.91 Å². The minimum Gasteiger partial charge on any atom is -0.468 e. The maximum absolute atomic E-state index is 12.1. The van der Waals surface area contributed by atoms with E-state index >= 15 is 0 Å². The van der Waals surface area contributed by atoms with Crippen molar-refractivity contribution < 1.29 is 14.3 Å². The van der Waals surface area contributed by atoms with Crippen molar-refractivity contribution in [3.8, 4) is 0 Å². The summed E-state index contributed by atoms with van der Waals surface area (Å²) in [6, 6.07) is -0.382. The number of carbonyl (C=O) groups is 2. The number of piperazine rings is 1. The summed E-state index contributed by atoms with van der Waals surface area (Å²) in [5.41, 5.74) is 5.89. The highest BCUT2D eigenvalue weighted by molar-refractivity contribution is 5.81. The van der Waals surface area contributed by atoms with Crippen LogP contribution in [0.25, 0.3) is 0 Å². The summed E-state index contributed by atoms with van der Waals surface area (Å²) in [5, 5.41) is 0. The zero-order chi connectivity index (χ0) is 14.3. The summed E-state index contributed by atoms with van der Waals surface area (Å²) < 4.78 is 4.63. The number of nitrogens with zero attached hydrogens (tertiary/aromatic N) is 2. The van der Waals surface area contributed by atoms with Crippen LogP contribution >= 0.6 is 0 Å². The van der Waals surface area contributed by atoms with Gasteiger partial charge in [0.05, 0.1) is 19.7 Å². The van der Waals surface area contributed by atoms with Crippen LogP contribution in [0.5, 0.6) is 0 Å². The number of rotatable bonds is 6. The second-order valence-corrected chi connectivity index (χ2v) is 4.93. The fourth-order valence-corrected chi connectivity index (χ4v) is 2.16. The van der Waals surface area contributed by atoms with Gasteiger partial charge in [-0.1, -0.05) is 19.8 Å². The summed E-state index contributed by atoms with van der Waals surface area (Å²) in [6.07, 6.45) is 2.78. The Morgan fingerprint density at radius 2 is 1.89 bits per heavy atom. The molecule has 0 saturated carbocycles. The molecule has 2 N–H and O–H groups in total. The van der Waals surface area contributed by atoms with Gasteiger partial charge in [-0.2, -0.15) is 0 Å². The largest absolute Gasteiger partial charge is 0.468 e. The molecule has 19 heavy (non-hydrogen) atoms. The molecule has 1 fully saturated rings. The number of methoxy groups -OCH3 is 1. The Morgan fingerprint density at radius 1 is 1.26 bits per heavy atom. The third-order valence-electron chi connectivity index (χ3n) is 3.45. The van der Waals surface area contributed by atoms with Crippen LogP contribution in [-0.2, 0) is 14.3 Å². The minimum atomic E-state index is -0.382. The SMILES string of the molecule is CCCC[C@H](N)C(=O)N1CCN(CC(=O)OC)CC1. The molecule has 1 rings (SSSR count). The third kappa shape index (κ3) is 5.16. The second kappa shape index (κ2) is 8.12. The Hall–Kier alpha value is -1.14. The number of amides is 1. The van der Waals surface area contributed by atoms with E-state index in [2.05, 4.69) is 11.7 Å². The van der Waals surface area contributed by atoms with E-state index in [1.807, 2.05) is 4.90 Å². The highest BCUT2D eigenvalue weighted by atomic mass is 16.5. The van der Waals surface area contributed by atoms with Crippen LogP contribution in [0.1, 0.15) is 26.2 Å². The van der Waals surface area contributed by atoms with Crippen LogP contribution < -0.4 is 5.73 Å². The molecule has 6 heteroatoms. The molecule has 1 atom stereocenters. The highest BCUT2D eigenvalue weighted by Crippen LogP contribution is 2.07. The van der Waals surface area contributed by atoms with Gasteiger partial charge in [0.15, 0.2) is 0 Å². The first-order valence-electron chi connectivity index (χ1n) is 6.92. The van der Waals surface area contributed by atoms with Gasteiger partial charge >= 0.3 is 5.97 Å². The number of nitrogens with two attached hydrogens (primary N) is 1. The van der Waals surface area contributed by atoms with Crippen molar-refractivity contribution in [3.05, 3.63) is 0 Å². The smallest absolute Gasteiger partial charge is 0.319 e. The van der Waals surface area contributed by atoms with Crippen molar-refractivity contribution in [1.29, 1.82) is 0 Å². The molecular formula is C13H25N3O3. The number of esters is 1. The zero-order valence-electron chi connectivity index (χ0n) is 11.9. The fraction of sp³-hybridized carbons (Fsp3) is 0.846. The third-order valence-corrected chi connectivity index (χ3v) is 3.45. The van der Waals surface area contributed by atoms with Gasteiger partial charge < -0.3 is 15.4 Å². The fourth-order valence-electron chi connectivity index (χ4n) is 2.16. The molecule has 0 spiro atoms. The van der Waals surface area contributed by atoms with E-state index in [9.17, 15) is 9.59 Å². The van der Waals surface area contributed by atoms with Crippen LogP contribution in [0.2, 0.25) is 0 Å². The predicted molar refractivity (Wildman–Crippen MR) is 72.5 cm³/mol. The van der Waals surface area contributed by atoms with Crippen LogP contribution in [0.15, 0.2) is 0 Å². The first-order chi connectivity index (χ1) is 9.08. The zero-order valence-corrected chi connectivity index (χ0v) is 11.9. The molecular weight excluding hydrogens is 246 g/mol. The molecule has 1 aliphatic heterocycles. The molecule has 1 saturated heterocycles. The lowest BCUT2D eigenvalue weighted by Crippen LogP contribution is -2.53. The lowest BCUT2D eigenvalue weighted by Gasteiger charge is -2.35. The summed E-state index contributed by atoms with van der Waals surface area (Å²) in [6.45, 7) is 5.04. The van der Waals surface area contributed by atoms with Crippen molar-refractivity contribution in [1.82, 2.24) is 9.80 Å². The first-order valence-corrected chi connectivity index (χ1v) is 6.92. The van der Waals surface area contributed by atoms with Crippen LogP contribution in [0.4, 0.5) is 0 Å². The molecule has 1 heterocycles. The molecule has 0 radical (unpaired) electrons. The maximum atomic E-state index is 12.1. The summed E-state index contributed by atoms with van der Waals surface area (Å²) in [5.74, 6) is -0.203. The standard InChI is InChI=1S/C13H25N3O3/c1-3-4-5-11(14)13(18)16-8-6-15(7-9-16)10-12(17)19-2/h11H,3-10,14H2,1-2H3/t11-/m0/s1. The van der Waals surface area contributed by atoms with Crippen molar-refractivity contribution in [2.24, 2.45) is 5.73 Å². The second-order valence-electron chi connectivity index (χ2n) is 4.93. The average molecular weight is 271 g/mol. The number of hydrogen-bond acceptors (Lipinski definition) is 5. The van der Waals surface area contributed by atoms with Crippen LogP contribution in [0.3, 0.4) is 0 Å². The normalized spacial score (nSPS) is 18.2. The molecule has 0 aromatic rings. The Labute approximate surface area is 114 Å². The van der Waals surface area contributed by atoms with E-state index < -0.39 is 0 Å². The van der Waals surface area contributed by atoms with Crippen LogP contribution in [-0.4, -0.2) is 67.6 Å². The van der Waals surface area contributed by atoms with Gasteiger partial charge in [-0.15, -0.1) is 0 Å². The van der Waals surface area contributed by atoms with Gasteiger partial charge in [-0.3, -0.25) is 14.5 Å². The van der Waals surface area contributed by atoms with Gasteiger partial charge in [0.25, 0.3) is 0 Å². The number of carbonyl (C=O) groups excluding carboxylic acids is 2. The predicted octanol–water partition coefficient (Wildman–Crippen LogP) is -0.179. The van der Waals surface area contributed by atoms with E-state index in [0.717, 1.165) is 19.3 Å². The van der Waals surface area contributed by atoms with Gasteiger partial charge in [-0.05, 0) is 6.42 Å². The Balaban J connectivity index is 2.32. The molecule has 1 aliphatic rings. The summed E-state index contributed by atoms with van der Waals surface area (Å²) >= 11 is 0. The lowest BCUT2D eigenvalue weighted by molar-refractivity contribution is -0.142. The van der Waals surface area contributed by atoms with E-state index in [0.29, 0.717) is 32.7 Å². The van der Waals surface area contributed by atoms with Crippen molar-refractivity contribution in [2.75, 3.05) is 39.8 Å². The molecule has 110 valence electrons. The van der Waals surface area contributed by atoms with E-state index in [1.165, 1.54) is 7.11 Å². The van der Waals surface area contributed by atoms with Gasteiger partial charge in [-0.25, -0.2) is 0 Å². The van der Waals surface area contributed by atoms with E-state index in [4.69, 9.17) is 5.73 Å². The number of ether oxygens (including phenoxy) is 1. The molecule has 6 nitrogen and oxygen atoms in total. The lowest BCUT2D eigenvalue weighted by atomic mass is 10.1. The van der Waals surface area contributed by atoms with Crippen molar-refractivity contribution in [3.63, 3.8) is 0 Å². The molecule has 0 aromatic carbocycles. The van der Waals surface area contributed by atoms with Crippen molar-refractivity contribution >= 4 is 11.9 Å². The molecule has 1 amide bonds. The molecule has 0 aliphatic carbocycles. The van der Waals surface area contributed by atoms with Gasteiger partial charge in [0.1, 0.15) is 0 Å². The first kappa shape index (κ1) is 15.9. The Morgan fingerprint density at radius 3 is 2.42 bits per heavy atom. The van der Waals surface area contributed by atoms with Crippen LogP contribution in [0, 0.1) is 0 Å². The highest BCUT2D eigenvalue weighted by Gasteiger charge is 2.25.